The molecular weight excluding hydrogens is 304 g/mol. The van der Waals surface area contributed by atoms with Crippen LogP contribution in [0.1, 0.15) is 5.69 Å². The van der Waals surface area contributed by atoms with Gasteiger partial charge in [0.2, 0.25) is 5.69 Å². The van der Waals surface area contributed by atoms with Crippen molar-refractivity contribution in [2.75, 3.05) is 5.75 Å². The number of hydrogen-bond donors (Lipinski definition) is 0. The normalized spacial score (nSPS) is 10.7. The van der Waals surface area contributed by atoms with Crippen molar-refractivity contribution in [3.63, 3.8) is 0 Å². The standard InChI is InChI=1S/C11H11BrN2O2S/c1-8-11(15)16-13-14(8)6-7-17-10-4-2-9(12)3-5-10/h2-5H,6-7H2,1H3. The van der Waals surface area contributed by atoms with Crippen LogP contribution in [-0.4, -0.2) is 11.0 Å². The van der Waals surface area contributed by atoms with Crippen LogP contribution in [0, 0.1) is 6.92 Å². The summed E-state index contributed by atoms with van der Waals surface area (Å²) < 4.78 is 7.22. The van der Waals surface area contributed by atoms with Gasteiger partial charge in [0, 0.05) is 16.3 Å². The molecular formula is C11H11BrN2O2S. The van der Waals surface area contributed by atoms with Crippen molar-refractivity contribution in [3.8, 4) is 5.95 Å². The van der Waals surface area contributed by atoms with Crippen LogP contribution in [0.5, 0.6) is 5.95 Å². The summed E-state index contributed by atoms with van der Waals surface area (Å²) in [5, 5.41) is 14.7. The topological polar surface area (TPSA) is 53.0 Å². The number of nitrogens with zero attached hydrogens (tertiary/aromatic N) is 2. The molecule has 0 aliphatic rings. The molecule has 2 rings (SSSR count). The number of aryl methyl sites for hydroxylation is 1. The van der Waals surface area contributed by atoms with E-state index in [0.29, 0.717) is 12.2 Å². The number of halogens is 1. The Bertz CT molecular complexity index is 499. The van der Waals surface area contributed by atoms with E-state index in [0.717, 1.165) is 10.2 Å². The Kier molecular flexibility index (Phi) is 4.06. The van der Waals surface area contributed by atoms with Crippen molar-refractivity contribution < 1.29 is 14.3 Å². The second-order valence-corrected chi connectivity index (χ2v) is 5.56. The largest absolute Gasteiger partial charge is 0.539 e. The number of aromatic nitrogens is 2. The molecule has 0 aliphatic heterocycles. The molecule has 0 N–H and O–H groups in total. The first kappa shape index (κ1) is 12.4. The molecule has 0 radical (unpaired) electrons. The highest BCUT2D eigenvalue weighted by atomic mass is 79.9. The van der Waals surface area contributed by atoms with Crippen molar-refractivity contribution in [2.24, 2.45) is 0 Å². The van der Waals surface area contributed by atoms with Crippen LogP contribution in [-0.2, 0) is 6.54 Å². The van der Waals surface area contributed by atoms with E-state index in [9.17, 15) is 5.11 Å². The molecule has 6 heteroatoms. The SMILES string of the molecule is Cc1c([O-])on[n+]1CCSc1ccc(Br)cc1. The van der Waals surface area contributed by atoms with E-state index >= 15 is 0 Å². The van der Waals surface area contributed by atoms with E-state index in [1.54, 1.807) is 23.4 Å². The van der Waals surface area contributed by atoms with Crippen molar-refractivity contribution in [3.05, 3.63) is 34.4 Å². The van der Waals surface area contributed by atoms with Gasteiger partial charge in [-0.25, -0.2) is 0 Å². The summed E-state index contributed by atoms with van der Waals surface area (Å²) in [6.45, 7) is 2.38. The zero-order valence-corrected chi connectivity index (χ0v) is 11.6. The molecule has 1 aromatic carbocycles. The third-order valence-corrected chi connectivity index (χ3v) is 3.81. The van der Waals surface area contributed by atoms with Crippen LogP contribution < -0.4 is 9.79 Å². The highest BCUT2D eigenvalue weighted by molar-refractivity contribution is 9.10. The third kappa shape index (κ3) is 3.23. The molecule has 90 valence electrons. The van der Waals surface area contributed by atoms with E-state index < -0.39 is 0 Å². The summed E-state index contributed by atoms with van der Waals surface area (Å²) in [6.07, 6.45) is 0. The first-order valence-corrected chi connectivity index (χ1v) is 6.86. The van der Waals surface area contributed by atoms with Gasteiger partial charge in [-0.05, 0) is 24.3 Å². The number of rotatable bonds is 4. The highest BCUT2D eigenvalue weighted by Crippen LogP contribution is 2.20. The summed E-state index contributed by atoms with van der Waals surface area (Å²) in [5.74, 6) is 0.484. The number of thioether (sulfide) groups is 1. The van der Waals surface area contributed by atoms with Gasteiger partial charge < -0.3 is 9.63 Å². The van der Waals surface area contributed by atoms with Crippen LogP contribution in [0.15, 0.2) is 38.2 Å². The molecule has 0 amide bonds. The van der Waals surface area contributed by atoms with Crippen molar-refractivity contribution in [2.45, 2.75) is 18.4 Å². The van der Waals surface area contributed by atoms with Gasteiger partial charge in [0.25, 0.3) is 0 Å². The minimum Gasteiger partial charge on any atom is -0.539 e. The minimum absolute atomic E-state index is 0.362. The molecule has 0 fully saturated rings. The molecule has 0 saturated heterocycles. The van der Waals surface area contributed by atoms with E-state index in [2.05, 4.69) is 25.7 Å². The second-order valence-electron chi connectivity index (χ2n) is 3.47. The lowest BCUT2D eigenvalue weighted by atomic mass is 10.4. The van der Waals surface area contributed by atoms with Gasteiger partial charge in [-0.15, -0.1) is 11.8 Å². The first-order chi connectivity index (χ1) is 8.16. The van der Waals surface area contributed by atoms with Gasteiger partial charge in [0.05, 0.1) is 11.0 Å². The fourth-order valence-electron chi connectivity index (χ4n) is 1.31. The fourth-order valence-corrected chi connectivity index (χ4v) is 2.40. The van der Waals surface area contributed by atoms with Crippen LogP contribution >= 0.6 is 27.7 Å². The third-order valence-electron chi connectivity index (χ3n) is 2.29. The molecule has 0 unspecified atom stereocenters. The molecule has 0 bridgehead atoms. The van der Waals surface area contributed by atoms with E-state index in [1.165, 1.54) is 4.90 Å². The van der Waals surface area contributed by atoms with Crippen LogP contribution in [0.2, 0.25) is 0 Å². The maximum absolute atomic E-state index is 11.0. The summed E-state index contributed by atoms with van der Waals surface area (Å²) >= 11 is 5.11. The summed E-state index contributed by atoms with van der Waals surface area (Å²) in [6, 6.07) is 8.11. The lowest BCUT2D eigenvalue weighted by Crippen LogP contribution is -2.39. The van der Waals surface area contributed by atoms with Gasteiger partial charge in [-0.2, -0.15) is 0 Å². The zero-order chi connectivity index (χ0) is 12.3. The Labute approximate surface area is 112 Å². The Morgan fingerprint density at radius 2 is 2.12 bits per heavy atom. The summed E-state index contributed by atoms with van der Waals surface area (Å²) in [7, 11) is 0. The zero-order valence-electron chi connectivity index (χ0n) is 9.22. The van der Waals surface area contributed by atoms with Crippen LogP contribution in [0.3, 0.4) is 0 Å². The van der Waals surface area contributed by atoms with E-state index in [-0.39, 0.29) is 5.95 Å². The monoisotopic (exact) mass is 314 g/mol. The smallest absolute Gasteiger partial charge is 0.230 e. The Hall–Kier alpha value is -1.01. The minimum atomic E-state index is -0.362. The predicted octanol–water partition coefficient (Wildman–Crippen LogP) is 1.90. The molecule has 0 aliphatic carbocycles. The van der Waals surface area contributed by atoms with Crippen molar-refractivity contribution >= 4 is 27.7 Å². The second kappa shape index (κ2) is 5.55. The number of benzene rings is 1. The van der Waals surface area contributed by atoms with Gasteiger partial charge >= 0.3 is 0 Å². The molecule has 1 heterocycles. The van der Waals surface area contributed by atoms with Crippen LogP contribution in [0.25, 0.3) is 0 Å². The maximum atomic E-state index is 11.0. The quantitative estimate of drug-likeness (QED) is 0.639. The molecule has 0 atom stereocenters. The Balaban J connectivity index is 1.87. The van der Waals surface area contributed by atoms with Gasteiger partial charge in [0.15, 0.2) is 12.5 Å². The van der Waals surface area contributed by atoms with Crippen molar-refractivity contribution in [1.29, 1.82) is 0 Å². The molecule has 2 aromatic rings. The highest BCUT2D eigenvalue weighted by Gasteiger charge is 2.11. The van der Waals surface area contributed by atoms with E-state index in [4.69, 9.17) is 0 Å². The molecule has 0 saturated carbocycles. The summed E-state index contributed by atoms with van der Waals surface area (Å²) in [4.78, 5) is 1.19. The first-order valence-electron chi connectivity index (χ1n) is 5.08. The molecule has 17 heavy (non-hydrogen) atoms. The summed E-state index contributed by atoms with van der Waals surface area (Å²) in [5.41, 5.74) is 0.543. The average Bonchev–Trinajstić information content (AvgIpc) is 2.64. The van der Waals surface area contributed by atoms with Crippen molar-refractivity contribution in [1.82, 2.24) is 5.27 Å². The van der Waals surface area contributed by atoms with Gasteiger partial charge in [0.1, 0.15) is 0 Å². The van der Waals surface area contributed by atoms with Gasteiger partial charge in [-0.3, -0.25) is 0 Å². The Morgan fingerprint density at radius 3 is 2.71 bits per heavy atom. The van der Waals surface area contributed by atoms with E-state index in [1.807, 2.05) is 24.3 Å². The van der Waals surface area contributed by atoms with Crippen LogP contribution in [0.4, 0.5) is 0 Å². The molecule has 1 aromatic heterocycles. The number of hydrogen-bond acceptors (Lipinski definition) is 4. The predicted molar refractivity (Wildman–Crippen MR) is 65.7 cm³/mol. The Morgan fingerprint density at radius 1 is 1.41 bits per heavy atom. The molecule has 4 nitrogen and oxygen atoms in total. The molecule has 0 spiro atoms. The maximum Gasteiger partial charge on any atom is 0.230 e. The lowest BCUT2D eigenvalue weighted by Gasteiger charge is -1.98. The fraction of sp³-hybridized carbons (Fsp3) is 0.273. The lowest BCUT2D eigenvalue weighted by molar-refractivity contribution is -0.763. The average molecular weight is 315 g/mol. The van der Waals surface area contributed by atoms with Gasteiger partial charge in [-0.1, -0.05) is 20.6 Å².